The Morgan fingerprint density at radius 3 is 1.56 bits per heavy atom. The number of imidazole rings is 1. The van der Waals surface area contributed by atoms with Crippen molar-refractivity contribution in [2.24, 2.45) is 0 Å². The van der Waals surface area contributed by atoms with Crippen LogP contribution in [-0.2, 0) is 0 Å². The molecule has 2 nitrogen and oxygen atoms in total. The Bertz CT molecular complexity index is 2120. The van der Waals surface area contributed by atoms with Gasteiger partial charge >= 0.3 is 0 Å². The lowest BCUT2D eigenvalue weighted by atomic mass is 9.83. The summed E-state index contributed by atoms with van der Waals surface area (Å²) in [4.78, 5) is 3.18. The van der Waals surface area contributed by atoms with Gasteiger partial charge in [0.1, 0.15) is 52.2 Å². The highest BCUT2D eigenvalue weighted by atomic mass is 19.2. The predicted octanol–water partition coefficient (Wildman–Crippen LogP) is 9.53. The van der Waals surface area contributed by atoms with Crippen LogP contribution in [0.5, 0.6) is 0 Å². The summed E-state index contributed by atoms with van der Waals surface area (Å²) in [6, 6.07) is 16.6. The summed E-state index contributed by atoms with van der Waals surface area (Å²) in [5.74, 6) is -13.5. The van der Waals surface area contributed by atoms with Crippen molar-refractivity contribution in [1.82, 2.24) is 9.38 Å². The van der Waals surface area contributed by atoms with Gasteiger partial charge in [0.2, 0.25) is 0 Å². The van der Waals surface area contributed by atoms with E-state index in [0.717, 1.165) is 5.52 Å². The van der Waals surface area contributed by atoms with Crippen LogP contribution >= 0.6 is 0 Å². The predicted molar refractivity (Wildman–Crippen MR) is 146 cm³/mol. The van der Waals surface area contributed by atoms with Crippen LogP contribution in [0.4, 0.5) is 35.1 Å². The van der Waals surface area contributed by atoms with Gasteiger partial charge in [0.15, 0.2) is 0 Å². The summed E-state index contributed by atoms with van der Waals surface area (Å²) >= 11 is 0. The number of fused-ring (bicyclic) bond motifs is 5. The first-order valence-electron chi connectivity index (χ1n) is 12.9. The zero-order valence-electron chi connectivity index (χ0n) is 21.6. The van der Waals surface area contributed by atoms with Crippen LogP contribution in [-0.4, -0.2) is 9.38 Å². The minimum Gasteiger partial charge on any atom is -0.339 e. The van der Waals surface area contributed by atoms with Crippen LogP contribution in [0.2, 0.25) is 0 Å². The quantitative estimate of drug-likeness (QED) is 0.155. The van der Waals surface area contributed by atoms with E-state index >= 15 is 26.3 Å². The van der Waals surface area contributed by atoms with Crippen LogP contribution in [0.25, 0.3) is 38.7 Å². The second-order valence-electron chi connectivity index (χ2n) is 10.1. The number of H-pyrrole nitrogens is 1. The SMILES string of the molecule is Fc1cc(F)c(C(c2cc(F)c(-c3c4ccccc4n4c3[nH]c3ccccc34)c(F)c2)c2c(F)cc(F)cc2F)c(F)c1. The molecule has 7 aromatic rings. The molecule has 0 amide bonds. The summed E-state index contributed by atoms with van der Waals surface area (Å²) < 4.78 is 122. The van der Waals surface area contributed by atoms with E-state index in [2.05, 4.69) is 4.98 Å². The number of para-hydroxylation sites is 3. The molecular weight excluding hydrogens is 576 g/mol. The molecule has 214 valence electrons. The molecule has 0 aliphatic heterocycles. The van der Waals surface area contributed by atoms with E-state index in [1.54, 1.807) is 40.8 Å². The number of hydrogen-bond acceptors (Lipinski definition) is 0. The summed E-state index contributed by atoms with van der Waals surface area (Å²) in [6.07, 6.45) is 0. The highest BCUT2D eigenvalue weighted by Crippen LogP contribution is 2.43. The van der Waals surface area contributed by atoms with Gasteiger partial charge in [-0.3, -0.25) is 4.40 Å². The maximum Gasteiger partial charge on any atom is 0.134 e. The third-order valence-electron chi connectivity index (χ3n) is 7.59. The molecule has 10 heteroatoms. The Labute approximate surface area is 237 Å². The van der Waals surface area contributed by atoms with Crippen molar-refractivity contribution in [3.8, 4) is 11.1 Å². The number of nitrogens with one attached hydrogen (secondary N) is 1. The van der Waals surface area contributed by atoms with Crippen molar-refractivity contribution in [3.63, 3.8) is 0 Å². The zero-order chi connectivity index (χ0) is 30.2. The average molecular weight is 592 g/mol. The first kappa shape index (κ1) is 26.8. The van der Waals surface area contributed by atoms with E-state index in [1.165, 1.54) is 0 Å². The Kier molecular flexibility index (Phi) is 6.05. The van der Waals surface area contributed by atoms with Gasteiger partial charge in [-0.25, -0.2) is 35.1 Å². The summed E-state index contributed by atoms with van der Waals surface area (Å²) in [7, 11) is 0. The molecule has 0 saturated heterocycles. The van der Waals surface area contributed by atoms with E-state index in [-0.39, 0.29) is 29.8 Å². The van der Waals surface area contributed by atoms with Crippen molar-refractivity contribution >= 4 is 27.6 Å². The van der Waals surface area contributed by atoms with Crippen molar-refractivity contribution in [2.45, 2.75) is 5.92 Å². The molecule has 0 atom stereocenters. The molecule has 0 aliphatic carbocycles. The number of aromatic nitrogens is 2. The minimum atomic E-state index is -2.15. The smallest absolute Gasteiger partial charge is 0.134 e. The number of aromatic amines is 1. The Morgan fingerprint density at radius 1 is 0.512 bits per heavy atom. The molecule has 0 aliphatic rings. The topological polar surface area (TPSA) is 20.2 Å². The average Bonchev–Trinajstić information content (AvgIpc) is 3.46. The molecule has 0 saturated carbocycles. The second-order valence-corrected chi connectivity index (χ2v) is 10.1. The third kappa shape index (κ3) is 4.08. The van der Waals surface area contributed by atoms with Gasteiger partial charge in [-0.2, -0.15) is 0 Å². The fourth-order valence-electron chi connectivity index (χ4n) is 5.90. The molecule has 0 radical (unpaired) electrons. The van der Waals surface area contributed by atoms with E-state index < -0.39 is 74.7 Å². The van der Waals surface area contributed by atoms with Crippen molar-refractivity contribution in [2.75, 3.05) is 0 Å². The Balaban J connectivity index is 1.52. The van der Waals surface area contributed by atoms with Crippen LogP contribution in [0.1, 0.15) is 22.6 Å². The summed E-state index contributed by atoms with van der Waals surface area (Å²) in [5, 5.41) is 0.479. The monoisotopic (exact) mass is 592 g/mol. The third-order valence-corrected chi connectivity index (χ3v) is 7.59. The van der Waals surface area contributed by atoms with Gasteiger partial charge < -0.3 is 4.98 Å². The molecular formula is C33H16F8N2. The first-order chi connectivity index (χ1) is 20.6. The zero-order valence-corrected chi connectivity index (χ0v) is 21.6. The number of benzene rings is 5. The summed E-state index contributed by atoms with van der Waals surface area (Å²) in [6.45, 7) is 0. The number of halogens is 8. The van der Waals surface area contributed by atoms with Gasteiger partial charge in [-0.1, -0.05) is 30.3 Å². The lowest BCUT2D eigenvalue weighted by Gasteiger charge is -2.22. The van der Waals surface area contributed by atoms with Crippen LogP contribution in [0.3, 0.4) is 0 Å². The largest absolute Gasteiger partial charge is 0.339 e. The summed E-state index contributed by atoms with van der Waals surface area (Å²) in [5.41, 5.74) is -0.699. The van der Waals surface area contributed by atoms with Gasteiger partial charge in [0.05, 0.1) is 22.1 Å². The van der Waals surface area contributed by atoms with Crippen molar-refractivity contribution in [3.05, 3.63) is 148 Å². The maximum atomic E-state index is 16.1. The highest BCUT2D eigenvalue weighted by molar-refractivity contribution is 6.08. The second kappa shape index (κ2) is 9.72. The van der Waals surface area contributed by atoms with Gasteiger partial charge in [-0.15, -0.1) is 0 Å². The van der Waals surface area contributed by atoms with E-state index in [9.17, 15) is 8.78 Å². The molecule has 0 unspecified atom stereocenters. The molecule has 0 fully saturated rings. The molecule has 2 heterocycles. The molecule has 2 aromatic heterocycles. The maximum absolute atomic E-state index is 16.1. The van der Waals surface area contributed by atoms with Gasteiger partial charge in [0, 0.05) is 52.3 Å². The minimum absolute atomic E-state index is 0.142. The lowest BCUT2D eigenvalue weighted by Crippen LogP contribution is -2.14. The highest BCUT2D eigenvalue weighted by Gasteiger charge is 2.33. The number of nitrogens with zero attached hydrogens (tertiary/aromatic N) is 1. The normalized spacial score (nSPS) is 11.9. The molecule has 0 bridgehead atoms. The first-order valence-corrected chi connectivity index (χ1v) is 12.9. The van der Waals surface area contributed by atoms with Crippen LogP contribution < -0.4 is 0 Å². The van der Waals surface area contributed by atoms with Crippen molar-refractivity contribution < 1.29 is 35.1 Å². The van der Waals surface area contributed by atoms with Crippen molar-refractivity contribution in [1.29, 1.82) is 0 Å². The van der Waals surface area contributed by atoms with E-state index in [0.29, 0.717) is 34.2 Å². The molecule has 7 rings (SSSR count). The molecule has 43 heavy (non-hydrogen) atoms. The molecule has 1 N–H and O–H groups in total. The fraction of sp³-hybridized carbons (Fsp3) is 0.0303. The molecule has 0 spiro atoms. The number of rotatable bonds is 4. The standard InChI is InChI=1S/C33H16F8N2/c34-16-11-21(38)30(22(39)12-16)28(31-23(40)13-17(35)14-24(31)41)15-9-19(36)32(20(37)10-15)29-18-5-1-3-7-26(18)43-27-8-4-2-6-25(27)42-33(29)43/h1-14,28,42H. The van der Waals surface area contributed by atoms with Crippen LogP contribution in [0.15, 0.2) is 84.9 Å². The molecule has 5 aromatic carbocycles. The Morgan fingerprint density at radius 2 is 1.00 bits per heavy atom. The Hall–Kier alpha value is -5.12. The van der Waals surface area contributed by atoms with Crippen LogP contribution in [0, 0.1) is 46.5 Å². The fourth-order valence-corrected chi connectivity index (χ4v) is 5.90. The van der Waals surface area contributed by atoms with Gasteiger partial charge in [0.25, 0.3) is 0 Å². The number of hydrogen-bond donors (Lipinski definition) is 1. The lowest BCUT2D eigenvalue weighted by molar-refractivity contribution is 0.496. The van der Waals surface area contributed by atoms with E-state index in [4.69, 9.17) is 0 Å². The van der Waals surface area contributed by atoms with Gasteiger partial charge in [-0.05, 0) is 35.9 Å². The van der Waals surface area contributed by atoms with E-state index in [1.807, 2.05) is 12.1 Å².